The molecule has 3 aliphatic heterocycles. The number of benzene rings is 1. The fourth-order valence-corrected chi connectivity index (χ4v) is 6.98. The number of rotatable bonds is 6. The molecule has 226 valence electrons. The molecule has 0 saturated carbocycles. The fraction of sp³-hybridized carbons (Fsp3) is 0.471. The van der Waals surface area contributed by atoms with Crippen molar-refractivity contribution in [1.82, 2.24) is 24.7 Å². The first-order valence-electron chi connectivity index (χ1n) is 15.7. The number of amides is 2. The average molecular weight is 582 g/mol. The molecule has 2 bridgehead atoms. The third kappa shape index (κ3) is 7.05. The largest absolute Gasteiger partial charge is 0.354 e. The van der Waals surface area contributed by atoms with E-state index in [0.717, 1.165) is 75.6 Å². The molecule has 3 aromatic rings. The molecule has 0 aliphatic carbocycles. The van der Waals surface area contributed by atoms with Crippen molar-refractivity contribution < 1.29 is 9.59 Å². The number of piperazine rings is 1. The van der Waals surface area contributed by atoms with Gasteiger partial charge in [0, 0.05) is 109 Å². The molecule has 2 amide bonds. The van der Waals surface area contributed by atoms with Crippen molar-refractivity contribution in [3.63, 3.8) is 0 Å². The van der Waals surface area contributed by atoms with Crippen molar-refractivity contribution >= 4 is 23.3 Å². The summed E-state index contributed by atoms with van der Waals surface area (Å²) in [5.74, 6) is 1.25. The van der Waals surface area contributed by atoms with Gasteiger partial charge in [0.15, 0.2) is 0 Å². The van der Waals surface area contributed by atoms with Crippen LogP contribution in [0, 0.1) is 0 Å². The van der Waals surface area contributed by atoms with Crippen molar-refractivity contribution in [2.24, 2.45) is 0 Å². The van der Waals surface area contributed by atoms with E-state index in [-0.39, 0.29) is 17.9 Å². The van der Waals surface area contributed by atoms with Crippen molar-refractivity contribution in [1.29, 1.82) is 0 Å². The van der Waals surface area contributed by atoms with E-state index in [4.69, 9.17) is 0 Å². The van der Waals surface area contributed by atoms with Crippen LogP contribution in [0.2, 0.25) is 0 Å². The molecule has 0 radical (unpaired) electrons. The Hall–Kier alpha value is -3.82. The van der Waals surface area contributed by atoms with Crippen LogP contribution in [0.1, 0.15) is 43.7 Å². The molecule has 0 spiro atoms. The normalized spacial score (nSPS) is 21.7. The van der Waals surface area contributed by atoms with Crippen LogP contribution in [-0.2, 0) is 22.7 Å². The first-order valence-corrected chi connectivity index (χ1v) is 15.7. The van der Waals surface area contributed by atoms with Gasteiger partial charge >= 0.3 is 0 Å². The zero-order chi connectivity index (χ0) is 29.6. The van der Waals surface area contributed by atoms with E-state index in [1.165, 1.54) is 5.56 Å². The molecular weight excluding hydrogens is 538 g/mol. The smallest absolute Gasteiger partial charge is 0.224 e. The summed E-state index contributed by atoms with van der Waals surface area (Å²) in [6.45, 7) is 8.78. The Morgan fingerprint density at radius 2 is 1.60 bits per heavy atom. The number of fused-ring (bicyclic) bond motifs is 3. The molecule has 2 fully saturated rings. The molecule has 2 atom stereocenters. The predicted octanol–water partition coefficient (Wildman–Crippen LogP) is 3.81. The van der Waals surface area contributed by atoms with Crippen molar-refractivity contribution in [3.8, 4) is 0 Å². The van der Waals surface area contributed by atoms with Crippen molar-refractivity contribution in [2.75, 3.05) is 55.6 Å². The quantitative estimate of drug-likeness (QED) is 0.438. The summed E-state index contributed by atoms with van der Waals surface area (Å²) in [6, 6.07) is 19.0. The van der Waals surface area contributed by atoms with Gasteiger partial charge in [0.25, 0.3) is 0 Å². The Kier molecular flexibility index (Phi) is 9.29. The Balaban J connectivity index is 1.19. The highest BCUT2D eigenvalue weighted by Crippen LogP contribution is 2.32. The summed E-state index contributed by atoms with van der Waals surface area (Å²) < 4.78 is 0. The Labute approximate surface area is 255 Å². The van der Waals surface area contributed by atoms with E-state index in [0.29, 0.717) is 32.1 Å². The van der Waals surface area contributed by atoms with Gasteiger partial charge in [0.1, 0.15) is 5.82 Å². The first-order chi connectivity index (χ1) is 21.0. The highest BCUT2D eigenvalue weighted by Gasteiger charge is 2.36. The van der Waals surface area contributed by atoms with Crippen LogP contribution in [0.15, 0.2) is 73.2 Å². The lowest BCUT2D eigenvalue weighted by Crippen LogP contribution is -2.48. The van der Waals surface area contributed by atoms with Gasteiger partial charge in [-0.2, -0.15) is 0 Å². The maximum absolute atomic E-state index is 14.0. The van der Waals surface area contributed by atoms with Crippen LogP contribution >= 0.6 is 0 Å². The lowest BCUT2D eigenvalue weighted by atomic mass is 10.1. The number of nitrogens with zero attached hydrogens (tertiary/aromatic N) is 7. The summed E-state index contributed by atoms with van der Waals surface area (Å²) in [5.41, 5.74) is 3.20. The summed E-state index contributed by atoms with van der Waals surface area (Å²) in [7, 11) is 0. The van der Waals surface area contributed by atoms with Crippen LogP contribution in [0.5, 0.6) is 0 Å². The Bertz CT molecular complexity index is 1360. The van der Waals surface area contributed by atoms with Gasteiger partial charge in [-0.15, -0.1) is 0 Å². The molecule has 9 heteroatoms. The molecule has 0 unspecified atom stereocenters. The number of para-hydroxylation sites is 1. The van der Waals surface area contributed by atoms with Crippen LogP contribution in [0.25, 0.3) is 0 Å². The SMILES string of the molecule is CC(=O)N1CC[C@H]2CC[C@@H](CN(C(=O)CCN3CCN(c4ccccn4)CC3)Cc3ccccc31)N2Cc1ccncc1. The van der Waals surface area contributed by atoms with Gasteiger partial charge in [-0.3, -0.25) is 24.4 Å². The van der Waals surface area contributed by atoms with E-state index in [2.05, 4.69) is 53.8 Å². The fourth-order valence-electron chi connectivity index (χ4n) is 6.98. The number of hydrogen-bond donors (Lipinski definition) is 0. The van der Waals surface area contributed by atoms with E-state index in [1.807, 2.05) is 53.8 Å². The number of hydrogen-bond acceptors (Lipinski definition) is 7. The van der Waals surface area contributed by atoms with Gasteiger partial charge in [0.05, 0.1) is 0 Å². The second-order valence-electron chi connectivity index (χ2n) is 12.0. The van der Waals surface area contributed by atoms with E-state index in [9.17, 15) is 9.59 Å². The predicted molar refractivity (Wildman–Crippen MR) is 169 cm³/mol. The average Bonchev–Trinajstić information content (AvgIpc) is 3.40. The third-order valence-electron chi connectivity index (χ3n) is 9.37. The molecule has 5 heterocycles. The third-order valence-corrected chi connectivity index (χ3v) is 9.37. The number of anilines is 2. The zero-order valence-electron chi connectivity index (χ0n) is 25.2. The minimum absolute atomic E-state index is 0.0460. The maximum atomic E-state index is 14.0. The highest BCUT2D eigenvalue weighted by molar-refractivity contribution is 5.92. The molecule has 9 nitrogen and oxygen atoms in total. The van der Waals surface area contributed by atoms with Gasteiger partial charge in [-0.1, -0.05) is 24.3 Å². The van der Waals surface area contributed by atoms with Crippen molar-refractivity contribution in [3.05, 3.63) is 84.3 Å². The summed E-state index contributed by atoms with van der Waals surface area (Å²) in [6.07, 6.45) is 9.07. The minimum atomic E-state index is 0.0460. The van der Waals surface area contributed by atoms with Crippen LogP contribution < -0.4 is 9.80 Å². The van der Waals surface area contributed by atoms with E-state index >= 15 is 0 Å². The topological polar surface area (TPSA) is 76.1 Å². The second-order valence-corrected chi connectivity index (χ2v) is 12.0. The molecule has 0 N–H and O–H groups in total. The molecular formula is C34H43N7O2. The minimum Gasteiger partial charge on any atom is -0.354 e. The van der Waals surface area contributed by atoms with Crippen LogP contribution in [-0.4, -0.2) is 94.4 Å². The highest BCUT2D eigenvalue weighted by atomic mass is 16.2. The lowest BCUT2D eigenvalue weighted by Gasteiger charge is -2.36. The lowest BCUT2D eigenvalue weighted by molar-refractivity contribution is -0.133. The summed E-state index contributed by atoms with van der Waals surface area (Å²) >= 11 is 0. The standard InChI is InChI=1S/C34H43N7O2/c1-27(42)40-19-13-30-9-10-31(41(30)24-28-11-16-35-17-12-28)26-39(25-29-6-2-3-7-32(29)40)34(43)14-18-37-20-22-38(23-21-37)33-8-4-5-15-36-33/h2-8,11-12,15-17,30-31H,9-10,13-14,18-26H2,1H3/t30-,31+/m1/s1. The maximum Gasteiger partial charge on any atom is 0.224 e. The number of aromatic nitrogens is 2. The Morgan fingerprint density at radius 3 is 2.37 bits per heavy atom. The Morgan fingerprint density at radius 1 is 0.837 bits per heavy atom. The van der Waals surface area contributed by atoms with Crippen LogP contribution in [0.3, 0.4) is 0 Å². The van der Waals surface area contributed by atoms with Crippen molar-refractivity contribution in [2.45, 2.75) is 57.8 Å². The number of pyridine rings is 2. The van der Waals surface area contributed by atoms with Gasteiger partial charge < -0.3 is 14.7 Å². The zero-order valence-corrected chi connectivity index (χ0v) is 25.2. The molecule has 3 aliphatic rings. The van der Waals surface area contributed by atoms with Gasteiger partial charge in [-0.05, 0) is 60.7 Å². The van der Waals surface area contributed by atoms with Gasteiger partial charge in [-0.25, -0.2) is 4.98 Å². The molecule has 2 saturated heterocycles. The molecule has 2 aromatic heterocycles. The summed E-state index contributed by atoms with van der Waals surface area (Å²) in [5, 5.41) is 0. The van der Waals surface area contributed by atoms with Crippen LogP contribution in [0.4, 0.5) is 11.5 Å². The molecule has 43 heavy (non-hydrogen) atoms. The monoisotopic (exact) mass is 581 g/mol. The molecule has 6 rings (SSSR count). The number of carbonyl (C=O) groups is 2. The second kappa shape index (κ2) is 13.7. The molecule has 1 aromatic carbocycles. The van der Waals surface area contributed by atoms with E-state index < -0.39 is 0 Å². The summed E-state index contributed by atoms with van der Waals surface area (Å²) in [4.78, 5) is 46.9. The van der Waals surface area contributed by atoms with Gasteiger partial charge in [0.2, 0.25) is 11.8 Å². The van der Waals surface area contributed by atoms with E-state index in [1.54, 1.807) is 6.92 Å². The first kappa shape index (κ1) is 29.3. The number of carbonyl (C=O) groups excluding carboxylic acids is 2.